The largest absolute Gasteiger partial charge is 0.466 e. The molecule has 1 unspecified atom stereocenters. The van der Waals surface area contributed by atoms with Crippen molar-refractivity contribution in [2.24, 2.45) is 5.73 Å². The Hall–Kier alpha value is -1.10. The first-order valence-electron chi connectivity index (χ1n) is 5.78. The van der Waals surface area contributed by atoms with Gasteiger partial charge in [-0.25, -0.2) is 0 Å². The van der Waals surface area contributed by atoms with Crippen molar-refractivity contribution in [1.82, 2.24) is 5.32 Å². The predicted octanol–water partition coefficient (Wildman–Crippen LogP) is 0.573. The molecule has 0 aliphatic carbocycles. The van der Waals surface area contributed by atoms with E-state index in [9.17, 15) is 9.59 Å². The molecule has 1 amide bonds. The summed E-state index contributed by atoms with van der Waals surface area (Å²) < 4.78 is 4.76. The maximum atomic E-state index is 11.3. The molecule has 0 aliphatic rings. The minimum absolute atomic E-state index is 0.0572. The highest BCUT2D eigenvalue weighted by Gasteiger charge is 2.07. The summed E-state index contributed by atoms with van der Waals surface area (Å²) in [7, 11) is 0. The maximum Gasteiger partial charge on any atom is 0.305 e. The zero-order chi connectivity index (χ0) is 12.4. The van der Waals surface area contributed by atoms with Gasteiger partial charge in [-0.15, -0.1) is 0 Å². The number of carbonyl (C=O) groups excluding carboxylic acids is 2. The molecule has 0 aromatic carbocycles. The van der Waals surface area contributed by atoms with Crippen LogP contribution in [0, 0.1) is 0 Å². The van der Waals surface area contributed by atoms with Crippen LogP contribution < -0.4 is 11.1 Å². The predicted molar refractivity (Wildman–Crippen MR) is 61.8 cm³/mol. The number of esters is 1. The first-order valence-corrected chi connectivity index (χ1v) is 5.78. The van der Waals surface area contributed by atoms with Crippen LogP contribution in [-0.2, 0) is 14.3 Å². The van der Waals surface area contributed by atoms with Crippen LogP contribution in [0.25, 0.3) is 0 Å². The molecule has 0 rings (SSSR count). The van der Waals surface area contributed by atoms with Crippen LogP contribution in [0.4, 0.5) is 0 Å². The molecule has 0 aliphatic heterocycles. The Morgan fingerprint density at radius 2 is 2.06 bits per heavy atom. The van der Waals surface area contributed by atoms with E-state index in [1.165, 1.54) is 0 Å². The molecule has 0 aromatic rings. The molecule has 3 N–H and O–H groups in total. The van der Waals surface area contributed by atoms with Gasteiger partial charge in [-0.1, -0.05) is 6.92 Å². The van der Waals surface area contributed by atoms with Crippen LogP contribution in [0.15, 0.2) is 0 Å². The molecule has 0 fully saturated rings. The van der Waals surface area contributed by atoms with E-state index in [1.807, 2.05) is 6.92 Å². The third-order valence-corrected chi connectivity index (χ3v) is 2.16. The Morgan fingerprint density at radius 3 is 2.62 bits per heavy atom. The lowest BCUT2D eigenvalue weighted by Crippen LogP contribution is -2.32. The second-order valence-electron chi connectivity index (χ2n) is 3.63. The van der Waals surface area contributed by atoms with Gasteiger partial charge in [-0.3, -0.25) is 9.59 Å². The average Bonchev–Trinajstić information content (AvgIpc) is 2.24. The van der Waals surface area contributed by atoms with Gasteiger partial charge in [-0.2, -0.15) is 0 Å². The SMILES string of the molecule is CCOC(=O)CCCNC(=O)CC(N)CC. The lowest BCUT2D eigenvalue weighted by Gasteiger charge is -2.09. The van der Waals surface area contributed by atoms with E-state index >= 15 is 0 Å². The van der Waals surface area contributed by atoms with E-state index in [0.29, 0.717) is 32.4 Å². The van der Waals surface area contributed by atoms with Gasteiger partial charge in [0.2, 0.25) is 5.91 Å². The van der Waals surface area contributed by atoms with Crippen LogP contribution in [0.3, 0.4) is 0 Å². The third-order valence-electron chi connectivity index (χ3n) is 2.16. The lowest BCUT2D eigenvalue weighted by atomic mass is 10.1. The number of amides is 1. The summed E-state index contributed by atoms with van der Waals surface area (Å²) in [6.07, 6.45) is 2.08. The van der Waals surface area contributed by atoms with Crippen LogP contribution in [0.1, 0.15) is 39.5 Å². The summed E-state index contributed by atoms with van der Waals surface area (Å²) in [5.74, 6) is -0.278. The molecular weight excluding hydrogens is 208 g/mol. The Bertz CT molecular complexity index is 219. The molecule has 0 saturated heterocycles. The van der Waals surface area contributed by atoms with Crippen molar-refractivity contribution < 1.29 is 14.3 Å². The monoisotopic (exact) mass is 230 g/mol. The van der Waals surface area contributed by atoms with Gasteiger partial charge in [0.15, 0.2) is 0 Å². The third kappa shape index (κ3) is 8.23. The molecule has 5 nitrogen and oxygen atoms in total. The first-order chi connectivity index (χ1) is 7.60. The summed E-state index contributed by atoms with van der Waals surface area (Å²) in [5, 5.41) is 2.72. The first kappa shape index (κ1) is 14.9. The highest BCUT2D eigenvalue weighted by molar-refractivity contribution is 5.76. The number of nitrogens with two attached hydrogens (primary N) is 1. The van der Waals surface area contributed by atoms with Crippen LogP contribution in [0.5, 0.6) is 0 Å². The minimum Gasteiger partial charge on any atom is -0.466 e. The normalized spacial score (nSPS) is 11.9. The van der Waals surface area contributed by atoms with Crippen molar-refractivity contribution in [2.45, 2.75) is 45.6 Å². The molecule has 0 radical (unpaired) electrons. The zero-order valence-corrected chi connectivity index (χ0v) is 10.1. The minimum atomic E-state index is -0.220. The van der Waals surface area contributed by atoms with Crippen molar-refractivity contribution in [3.05, 3.63) is 0 Å². The van der Waals surface area contributed by atoms with Gasteiger partial charge < -0.3 is 15.8 Å². The number of hydrogen-bond acceptors (Lipinski definition) is 4. The molecule has 0 spiro atoms. The fourth-order valence-electron chi connectivity index (χ4n) is 1.15. The van der Waals surface area contributed by atoms with E-state index in [1.54, 1.807) is 6.92 Å². The fourth-order valence-corrected chi connectivity index (χ4v) is 1.15. The number of nitrogens with one attached hydrogen (secondary N) is 1. The number of carbonyl (C=O) groups is 2. The molecule has 5 heteroatoms. The van der Waals surface area contributed by atoms with Crippen LogP contribution in [0.2, 0.25) is 0 Å². The van der Waals surface area contributed by atoms with Gasteiger partial charge in [0.1, 0.15) is 0 Å². The summed E-state index contributed by atoms with van der Waals surface area (Å²) in [6.45, 7) is 4.61. The van der Waals surface area contributed by atoms with Gasteiger partial charge >= 0.3 is 5.97 Å². The molecule has 0 aromatic heterocycles. The maximum absolute atomic E-state index is 11.3. The van der Waals surface area contributed by atoms with Crippen LogP contribution in [-0.4, -0.2) is 31.1 Å². The smallest absolute Gasteiger partial charge is 0.305 e. The van der Waals surface area contributed by atoms with Gasteiger partial charge in [0.05, 0.1) is 6.61 Å². The van der Waals surface area contributed by atoms with Gasteiger partial charge in [-0.05, 0) is 19.8 Å². The second-order valence-corrected chi connectivity index (χ2v) is 3.63. The fraction of sp³-hybridized carbons (Fsp3) is 0.818. The summed E-state index contributed by atoms with van der Waals surface area (Å²) >= 11 is 0. The second kappa shape index (κ2) is 9.15. The summed E-state index contributed by atoms with van der Waals surface area (Å²) in [6, 6.07) is -0.0787. The van der Waals surface area contributed by atoms with Gasteiger partial charge in [0, 0.05) is 25.4 Å². The van der Waals surface area contributed by atoms with Crippen LogP contribution >= 0.6 is 0 Å². The van der Waals surface area contributed by atoms with Crippen molar-refractivity contribution in [3.63, 3.8) is 0 Å². The highest BCUT2D eigenvalue weighted by atomic mass is 16.5. The van der Waals surface area contributed by atoms with E-state index < -0.39 is 0 Å². The standard InChI is InChI=1S/C11H22N2O3/c1-3-9(12)8-10(14)13-7-5-6-11(15)16-4-2/h9H,3-8,12H2,1-2H3,(H,13,14). The highest BCUT2D eigenvalue weighted by Crippen LogP contribution is 1.94. The van der Waals surface area contributed by atoms with Crippen molar-refractivity contribution >= 4 is 11.9 Å². The number of rotatable bonds is 8. The molecule has 0 heterocycles. The van der Waals surface area contributed by atoms with Crippen molar-refractivity contribution in [2.75, 3.05) is 13.2 Å². The summed E-state index contributed by atoms with van der Waals surface area (Å²) in [5.41, 5.74) is 5.63. The Balaban J connectivity index is 3.44. The lowest BCUT2D eigenvalue weighted by molar-refractivity contribution is -0.143. The molecule has 0 bridgehead atoms. The van der Waals surface area contributed by atoms with Gasteiger partial charge in [0.25, 0.3) is 0 Å². The average molecular weight is 230 g/mol. The quantitative estimate of drug-likeness (QED) is 0.472. The van der Waals surface area contributed by atoms with E-state index in [4.69, 9.17) is 10.5 Å². The number of hydrogen-bond donors (Lipinski definition) is 2. The molecule has 0 saturated carbocycles. The molecular formula is C11H22N2O3. The Kier molecular flexibility index (Phi) is 8.52. The molecule has 1 atom stereocenters. The molecule has 94 valence electrons. The summed E-state index contributed by atoms with van der Waals surface area (Å²) in [4.78, 5) is 22.2. The van der Waals surface area contributed by atoms with E-state index in [-0.39, 0.29) is 17.9 Å². The molecule has 16 heavy (non-hydrogen) atoms. The topological polar surface area (TPSA) is 81.4 Å². The Labute approximate surface area is 96.7 Å². The number of ether oxygens (including phenoxy) is 1. The van der Waals surface area contributed by atoms with Crippen molar-refractivity contribution in [3.8, 4) is 0 Å². The van der Waals surface area contributed by atoms with E-state index in [0.717, 1.165) is 6.42 Å². The van der Waals surface area contributed by atoms with Crippen molar-refractivity contribution in [1.29, 1.82) is 0 Å². The Morgan fingerprint density at radius 1 is 1.38 bits per heavy atom. The zero-order valence-electron chi connectivity index (χ0n) is 10.1. The van der Waals surface area contributed by atoms with E-state index in [2.05, 4.69) is 5.32 Å².